The molecular weight excluding hydrogens is 281 g/mol. The van der Waals surface area contributed by atoms with E-state index in [1.165, 1.54) is 0 Å². The van der Waals surface area contributed by atoms with Crippen LogP contribution in [0.5, 0.6) is 5.75 Å². The number of hydrogen-bond donors (Lipinski definition) is 2. The molecule has 0 saturated carbocycles. The van der Waals surface area contributed by atoms with Gasteiger partial charge in [0.25, 0.3) is 0 Å². The smallest absolute Gasteiger partial charge is 0.194 e. The second-order valence-corrected chi connectivity index (χ2v) is 4.37. The first kappa shape index (κ1) is 15.3. The van der Waals surface area contributed by atoms with E-state index in [1.807, 2.05) is 6.92 Å². The van der Waals surface area contributed by atoms with E-state index in [9.17, 15) is 13.2 Å². The molecule has 0 aliphatic carbocycles. The van der Waals surface area contributed by atoms with Gasteiger partial charge in [0.15, 0.2) is 17.5 Å². The number of rotatable bonds is 5. The summed E-state index contributed by atoms with van der Waals surface area (Å²) in [5, 5.41) is 0. The molecule has 0 spiro atoms. The van der Waals surface area contributed by atoms with E-state index in [-0.39, 0.29) is 5.56 Å². The number of ether oxygens (including phenoxy) is 1. The van der Waals surface area contributed by atoms with E-state index in [4.69, 9.17) is 10.6 Å². The lowest BCUT2D eigenvalue weighted by Crippen LogP contribution is -2.29. The Balaban J connectivity index is 2.44. The molecular formula is C15H15F3N2O. The molecule has 3 nitrogen and oxygen atoms in total. The van der Waals surface area contributed by atoms with E-state index >= 15 is 0 Å². The van der Waals surface area contributed by atoms with Crippen molar-refractivity contribution in [1.82, 2.24) is 5.43 Å². The summed E-state index contributed by atoms with van der Waals surface area (Å²) in [6.45, 7) is 2.31. The van der Waals surface area contributed by atoms with Gasteiger partial charge in [-0.3, -0.25) is 5.84 Å². The summed E-state index contributed by atoms with van der Waals surface area (Å²) in [5.41, 5.74) is 2.91. The zero-order valence-corrected chi connectivity index (χ0v) is 11.4. The van der Waals surface area contributed by atoms with Gasteiger partial charge in [-0.05, 0) is 30.7 Å². The molecule has 6 heteroatoms. The first-order chi connectivity index (χ1) is 10.1. The Bertz CT molecular complexity index is 634. The Hall–Kier alpha value is -2.05. The van der Waals surface area contributed by atoms with Gasteiger partial charge in [-0.25, -0.2) is 18.6 Å². The highest BCUT2D eigenvalue weighted by molar-refractivity contribution is 5.37. The maximum atomic E-state index is 13.9. The van der Waals surface area contributed by atoms with E-state index in [2.05, 4.69) is 5.43 Å². The molecule has 0 fully saturated rings. The molecule has 3 N–H and O–H groups in total. The van der Waals surface area contributed by atoms with Crippen molar-refractivity contribution in [1.29, 1.82) is 0 Å². The minimum atomic E-state index is -1.52. The second-order valence-electron chi connectivity index (χ2n) is 4.37. The predicted molar refractivity (Wildman–Crippen MR) is 73.1 cm³/mol. The van der Waals surface area contributed by atoms with Gasteiger partial charge >= 0.3 is 0 Å². The molecule has 0 amide bonds. The predicted octanol–water partition coefficient (Wildman–Crippen LogP) is 3.06. The average Bonchev–Trinajstić information content (AvgIpc) is 2.49. The fourth-order valence-electron chi connectivity index (χ4n) is 2.08. The minimum absolute atomic E-state index is 0.0787. The van der Waals surface area contributed by atoms with Gasteiger partial charge in [0.1, 0.15) is 5.75 Å². The normalized spacial score (nSPS) is 12.2. The van der Waals surface area contributed by atoms with Crippen LogP contribution in [0.15, 0.2) is 36.4 Å². The molecule has 0 radical (unpaired) electrons. The van der Waals surface area contributed by atoms with Crippen LogP contribution >= 0.6 is 0 Å². The van der Waals surface area contributed by atoms with E-state index in [1.54, 1.807) is 24.3 Å². The number of nitrogens with two attached hydrogens (primary N) is 1. The molecule has 0 aliphatic heterocycles. The fraction of sp³-hybridized carbons (Fsp3) is 0.200. The SMILES string of the molecule is CCOc1cccc(C(NN)c2ccc(F)c(F)c2F)c1. The molecule has 0 heterocycles. The summed E-state index contributed by atoms with van der Waals surface area (Å²) in [7, 11) is 0. The molecule has 1 unspecified atom stereocenters. The van der Waals surface area contributed by atoms with Crippen molar-refractivity contribution in [3.63, 3.8) is 0 Å². The number of hydrazine groups is 1. The Morgan fingerprint density at radius 2 is 1.90 bits per heavy atom. The van der Waals surface area contributed by atoms with Crippen molar-refractivity contribution in [2.45, 2.75) is 13.0 Å². The van der Waals surface area contributed by atoms with Crippen LogP contribution in [0.4, 0.5) is 13.2 Å². The Kier molecular flexibility index (Phi) is 4.82. The average molecular weight is 296 g/mol. The lowest BCUT2D eigenvalue weighted by molar-refractivity contribution is 0.339. The summed E-state index contributed by atoms with van der Waals surface area (Å²) in [6.07, 6.45) is 0. The minimum Gasteiger partial charge on any atom is -0.494 e. The fourth-order valence-corrected chi connectivity index (χ4v) is 2.08. The van der Waals surface area contributed by atoms with Crippen LogP contribution in [0.2, 0.25) is 0 Å². The summed E-state index contributed by atoms with van der Waals surface area (Å²) < 4.78 is 45.6. The third kappa shape index (κ3) is 3.17. The van der Waals surface area contributed by atoms with Gasteiger partial charge in [0, 0.05) is 5.56 Å². The monoisotopic (exact) mass is 296 g/mol. The summed E-state index contributed by atoms with van der Waals surface area (Å²) in [5.74, 6) is 2.00. The van der Waals surface area contributed by atoms with Gasteiger partial charge in [0.2, 0.25) is 0 Å². The summed E-state index contributed by atoms with van der Waals surface area (Å²) in [4.78, 5) is 0. The number of halogens is 3. The molecule has 2 rings (SSSR count). The van der Waals surface area contributed by atoms with Crippen LogP contribution in [0.3, 0.4) is 0 Å². The standard InChI is InChI=1S/C15H15F3N2O/c1-2-21-10-5-3-4-9(8-10)15(20-19)11-6-7-12(16)14(18)13(11)17/h3-8,15,20H,2,19H2,1H3. The first-order valence-corrected chi connectivity index (χ1v) is 6.40. The Morgan fingerprint density at radius 1 is 1.14 bits per heavy atom. The van der Waals surface area contributed by atoms with E-state index in [0.717, 1.165) is 12.1 Å². The number of hydrogen-bond acceptors (Lipinski definition) is 3. The van der Waals surface area contributed by atoms with Crippen LogP contribution in [-0.2, 0) is 0 Å². The lowest BCUT2D eigenvalue weighted by Gasteiger charge is -2.18. The van der Waals surface area contributed by atoms with E-state index in [0.29, 0.717) is 17.9 Å². The Morgan fingerprint density at radius 3 is 2.57 bits per heavy atom. The van der Waals surface area contributed by atoms with Gasteiger partial charge in [0.05, 0.1) is 12.6 Å². The first-order valence-electron chi connectivity index (χ1n) is 6.40. The molecule has 1 atom stereocenters. The summed E-state index contributed by atoms with van der Waals surface area (Å²) >= 11 is 0. The Labute approximate surface area is 120 Å². The quantitative estimate of drug-likeness (QED) is 0.506. The van der Waals surface area contributed by atoms with Gasteiger partial charge < -0.3 is 4.74 Å². The van der Waals surface area contributed by atoms with Crippen LogP contribution in [0.1, 0.15) is 24.1 Å². The van der Waals surface area contributed by atoms with Gasteiger partial charge in [-0.15, -0.1) is 0 Å². The lowest BCUT2D eigenvalue weighted by atomic mass is 9.98. The maximum absolute atomic E-state index is 13.9. The maximum Gasteiger partial charge on any atom is 0.194 e. The second kappa shape index (κ2) is 6.60. The zero-order valence-electron chi connectivity index (χ0n) is 11.4. The van der Waals surface area contributed by atoms with Crippen LogP contribution < -0.4 is 16.0 Å². The van der Waals surface area contributed by atoms with Crippen LogP contribution in [0, 0.1) is 17.5 Å². The van der Waals surface area contributed by atoms with Crippen LogP contribution in [-0.4, -0.2) is 6.61 Å². The third-order valence-electron chi connectivity index (χ3n) is 3.05. The molecule has 0 aliphatic rings. The zero-order chi connectivity index (χ0) is 15.4. The van der Waals surface area contributed by atoms with Crippen molar-refractivity contribution >= 4 is 0 Å². The number of benzene rings is 2. The topological polar surface area (TPSA) is 47.3 Å². The van der Waals surface area contributed by atoms with Crippen molar-refractivity contribution in [3.05, 3.63) is 65.0 Å². The van der Waals surface area contributed by atoms with Crippen molar-refractivity contribution in [2.75, 3.05) is 6.61 Å². The van der Waals surface area contributed by atoms with Crippen molar-refractivity contribution in [2.24, 2.45) is 5.84 Å². The molecule has 2 aromatic rings. The largest absolute Gasteiger partial charge is 0.494 e. The molecule has 0 saturated heterocycles. The van der Waals surface area contributed by atoms with Gasteiger partial charge in [-0.1, -0.05) is 18.2 Å². The van der Waals surface area contributed by atoms with Crippen molar-refractivity contribution in [3.8, 4) is 5.75 Å². The van der Waals surface area contributed by atoms with Crippen molar-refractivity contribution < 1.29 is 17.9 Å². The molecule has 0 aromatic heterocycles. The molecule has 21 heavy (non-hydrogen) atoms. The number of nitrogens with one attached hydrogen (secondary N) is 1. The summed E-state index contributed by atoms with van der Waals surface area (Å²) in [6, 6.07) is 8.00. The third-order valence-corrected chi connectivity index (χ3v) is 3.05. The van der Waals surface area contributed by atoms with Crippen LogP contribution in [0.25, 0.3) is 0 Å². The van der Waals surface area contributed by atoms with E-state index < -0.39 is 23.5 Å². The van der Waals surface area contributed by atoms with Gasteiger partial charge in [-0.2, -0.15) is 0 Å². The highest BCUT2D eigenvalue weighted by Gasteiger charge is 2.21. The molecule has 112 valence electrons. The highest BCUT2D eigenvalue weighted by atomic mass is 19.2. The highest BCUT2D eigenvalue weighted by Crippen LogP contribution is 2.28. The molecule has 2 aromatic carbocycles. The molecule has 0 bridgehead atoms.